The molecule has 1 heterocycles. The highest BCUT2D eigenvalue weighted by Crippen LogP contribution is 2.45. The maximum atomic E-state index is 13.5. The van der Waals surface area contributed by atoms with Crippen LogP contribution in [0.3, 0.4) is 0 Å². The Morgan fingerprint density at radius 1 is 1.08 bits per heavy atom. The summed E-state index contributed by atoms with van der Waals surface area (Å²) < 4.78 is 47.6. The summed E-state index contributed by atoms with van der Waals surface area (Å²) in [6, 6.07) is 8.97. The van der Waals surface area contributed by atoms with Gasteiger partial charge in [0.05, 0.1) is 17.9 Å². The van der Waals surface area contributed by atoms with Gasteiger partial charge in [0.1, 0.15) is 17.2 Å². The molecule has 0 spiro atoms. The molecular formula is C25H27FN4O7S. The Hall–Kier alpha value is -3.97. The predicted octanol–water partition coefficient (Wildman–Crippen LogP) is 2.28. The molecular weight excluding hydrogens is 519 g/mol. The molecule has 1 saturated carbocycles. The van der Waals surface area contributed by atoms with E-state index in [1.54, 1.807) is 12.1 Å². The van der Waals surface area contributed by atoms with E-state index in [2.05, 4.69) is 15.4 Å². The van der Waals surface area contributed by atoms with Crippen molar-refractivity contribution >= 4 is 38.9 Å². The summed E-state index contributed by atoms with van der Waals surface area (Å²) in [5.41, 5.74) is 2.47. The monoisotopic (exact) mass is 546 g/mol. The molecule has 3 aromatic rings. The average Bonchev–Trinajstić information content (AvgIpc) is 3.65. The number of halogens is 1. The summed E-state index contributed by atoms with van der Waals surface area (Å²) in [6.07, 6.45) is 0.439. The van der Waals surface area contributed by atoms with E-state index in [0.29, 0.717) is 22.1 Å². The Labute approximate surface area is 217 Å². The second-order valence-corrected chi connectivity index (χ2v) is 10.7. The quantitative estimate of drug-likeness (QED) is 0.230. The molecule has 1 fully saturated rings. The largest absolute Gasteiger partial charge is 0.465 e. The number of hydrogen-bond acceptors (Lipinski definition) is 6. The van der Waals surface area contributed by atoms with Crippen molar-refractivity contribution in [2.24, 2.45) is 0 Å². The summed E-state index contributed by atoms with van der Waals surface area (Å²) in [4.78, 5) is 34.8. The molecule has 11 nitrogen and oxygen atoms in total. The zero-order valence-corrected chi connectivity index (χ0v) is 21.3. The van der Waals surface area contributed by atoms with Crippen LogP contribution < -0.4 is 20.7 Å². The molecule has 38 heavy (non-hydrogen) atoms. The van der Waals surface area contributed by atoms with E-state index in [1.165, 1.54) is 31.3 Å². The highest BCUT2D eigenvalue weighted by Gasteiger charge is 2.30. The standard InChI is InChI=1S/C25H27FN4O7S/c1-27-24(32)22-19-11-18(14-2-3-14)16(10-20(19)37-23(22)15-4-6-17(26)7-5-15)13-38(35,36)30-9-8-28-21(31)12-29-25(33)34/h4-7,10-11,14,29-30H,2-3,8-9,12-13H2,1H3,(H,27,32)(H,28,31)(H,33,34). The first-order chi connectivity index (χ1) is 18.1. The molecule has 0 saturated heterocycles. The summed E-state index contributed by atoms with van der Waals surface area (Å²) in [5, 5.41) is 16.0. The van der Waals surface area contributed by atoms with Crippen LogP contribution in [-0.4, -0.2) is 58.1 Å². The summed E-state index contributed by atoms with van der Waals surface area (Å²) >= 11 is 0. The lowest BCUT2D eigenvalue weighted by molar-refractivity contribution is -0.120. The lowest BCUT2D eigenvalue weighted by Gasteiger charge is -2.12. The van der Waals surface area contributed by atoms with Crippen LogP contribution in [0, 0.1) is 5.82 Å². The van der Waals surface area contributed by atoms with E-state index in [9.17, 15) is 27.2 Å². The Morgan fingerprint density at radius 2 is 1.79 bits per heavy atom. The molecule has 202 valence electrons. The Bertz CT molecular complexity index is 1480. The molecule has 2 aromatic carbocycles. The Balaban J connectivity index is 1.58. The molecule has 3 amide bonds. The third-order valence-electron chi connectivity index (χ3n) is 6.04. The number of furan rings is 1. The van der Waals surface area contributed by atoms with Gasteiger partial charge in [-0.15, -0.1) is 0 Å². The average molecular weight is 547 g/mol. The smallest absolute Gasteiger partial charge is 0.405 e. The van der Waals surface area contributed by atoms with Gasteiger partial charge < -0.3 is 25.5 Å². The van der Waals surface area contributed by atoms with Gasteiger partial charge in [-0.05, 0) is 66.3 Å². The summed E-state index contributed by atoms with van der Waals surface area (Å²) in [5.74, 6) is -1.33. The predicted molar refractivity (Wildman–Crippen MR) is 137 cm³/mol. The number of carboxylic acid groups (broad SMARTS) is 1. The fourth-order valence-electron chi connectivity index (χ4n) is 4.14. The number of carbonyl (C=O) groups excluding carboxylic acids is 2. The number of sulfonamides is 1. The molecule has 0 radical (unpaired) electrons. The number of benzene rings is 2. The molecule has 0 aliphatic heterocycles. The van der Waals surface area contributed by atoms with Crippen molar-refractivity contribution in [3.05, 3.63) is 58.9 Å². The van der Waals surface area contributed by atoms with E-state index >= 15 is 0 Å². The first-order valence-corrected chi connectivity index (χ1v) is 13.5. The van der Waals surface area contributed by atoms with Crippen LogP contribution in [-0.2, 0) is 20.6 Å². The van der Waals surface area contributed by atoms with Gasteiger partial charge in [-0.3, -0.25) is 9.59 Å². The number of fused-ring (bicyclic) bond motifs is 1. The molecule has 4 rings (SSSR count). The van der Waals surface area contributed by atoms with Crippen molar-refractivity contribution < 1.29 is 36.7 Å². The summed E-state index contributed by atoms with van der Waals surface area (Å²) in [6.45, 7) is -0.547. The van der Waals surface area contributed by atoms with Crippen molar-refractivity contribution in [3.8, 4) is 11.3 Å². The van der Waals surface area contributed by atoms with E-state index in [4.69, 9.17) is 9.52 Å². The molecule has 0 atom stereocenters. The zero-order valence-electron chi connectivity index (χ0n) is 20.5. The van der Waals surface area contributed by atoms with Gasteiger partial charge in [0.25, 0.3) is 5.91 Å². The lowest BCUT2D eigenvalue weighted by Crippen LogP contribution is -2.40. The van der Waals surface area contributed by atoms with Crippen molar-refractivity contribution in [3.63, 3.8) is 0 Å². The second-order valence-electron chi connectivity index (χ2n) is 8.88. The third kappa shape index (κ3) is 6.47. The van der Waals surface area contributed by atoms with Crippen LogP contribution in [0.4, 0.5) is 9.18 Å². The van der Waals surface area contributed by atoms with E-state index in [-0.39, 0.29) is 42.0 Å². The molecule has 13 heteroatoms. The first-order valence-electron chi connectivity index (χ1n) is 11.9. The highest BCUT2D eigenvalue weighted by atomic mass is 32.2. The van der Waals surface area contributed by atoms with Crippen molar-refractivity contribution in [1.29, 1.82) is 0 Å². The highest BCUT2D eigenvalue weighted by molar-refractivity contribution is 7.88. The number of rotatable bonds is 11. The van der Waals surface area contributed by atoms with E-state index in [1.807, 2.05) is 5.32 Å². The fraction of sp³-hybridized carbons (Fsp3) is 0.320. The van der Waals surface area contributed by atoms with Crippen molar-refractivity contribution in [1.82, 2.24) is 20.7 Å². The topological polar surface area (TPSA) is 167 Å². The van der Waals surface area contributed by atoms with Crippen molar-refractivity contribution in [2.45, 2.75) is 24.5 Å². The first kappa shape index (κ1) is 27.1. The normalized spacial score (nSPS) is 13.3. The van der Waals surface area contributed by atoms with Gasteiger partial charge in [0.2, 0.25) is 15.9 Å². The van der Waals surface area contributed by atoms with E-state index < -0.39 is 34.4 Å². The minimum Gasteiger partial charge on any atom is -0.465 e. The summed E-state index contributed by atoms with van der Waals surface area (Å²) in [7, 11) is -2.31. The van der Waals surface area contributed by atoms with Crippen LogP contribution in [0.1, 0.15) is 40.2 Å². The minimum atomic E-state index is -3.81. The maximum Gasteiger partial charge on any atom is 0.405 e. The van der Waals surface area contributed by atoms with Crippen LogP contribution in [0.2, 0.25) is 0 Å². The number of amides is 3. The molecule has 0 unspecified atom stereocenters. The second kappa shape index (κ2) is 11.2. The van der Waals surface area contributed by atoms with Crippen LogP contribution in [0.15, 0.2) is 40.8 Å². The van der Waals surface area contributed by atoms with E-state index in [0.717, 1.165) is 18.4 Å². The van der Waals surface area contributed by atoms with Gasteiger partial charge in [0.15, 0.2) is 0 Å². The minimum absolute atomic E-state index is 0.0252. The Morgan fingerprint density at radius 3 is 2.42 bits per heavy atom. The fourth-order valence-corrected chi connectivity index (χ4v) is 5.31. The van der Waals surface area contributed by atoms with Crippen LogP contribution >= 0.6 is 0 Å². The van der Waals surface area contributed by atoms with Crippen LogP contribution in [0.25, 0.3) is 22.3 Å². The zero-order chi connectivity index (χ0) is 27.4. The Kier molecular flexibility index (Phi) is 7.97. The van der Waals surface area contributed by atoms with Gasteiger partial charge in [-0.1, -0.05) is 0 Å². The molecule has 1 aromatic heterocycles. The lowest BCUT2D eigenvalue weighted by atomic mass is 9.98. The number of carbonyl (C=O) groups is 3. The van der Waals surface area contributed by atoms with Gasteiger partial charge in [-0.25, -0.2) is 22.3 Å². The molecule has 5 N–H and O–H groups in total. The van der Waals surface area contributed by atoms with Crippen LogP contribution in [0.5, 0.6) is 0 Å². The number of nitrogens with one attached hydrogen (secondary N) is 4. The number of hydrogen-bond donors (Lipinski definition) is 5. The SMILES string of the molecule is CNC(=O)c1c(-c2ccc(F)cc2)oc2cc(CS(=O)(=O)NCCNC(=O)CNC(=O)O)c(C3CC3)cc12. The maximum absolute atomic E-state index is 13.5. The van der Waals surface area contributed by atoms with Gasteiger partial charge in [0, 0.05) is 31.1 Å². The molecule has 1 aliphatic rings. The van der Waals surface area contributed by atoms with Crippen molar-refractivity contribution in [2.75, 3.05) is 26.7 Å². The third-order valence-corrected chi connectivity index (χ3v) is 7.38. The van der Waals surface area contributed by atoms with Gasteiger partial charge in [-0.2, -0.15) is 0 Å². The van der Waals surface area contributed by atoms with Gasteiger partial charge >= 0.3 is 6.09 Å². The molecule has 1 aliphatic carbocycles. The molecule has 0 bridgehead atoms.